The molecule has 1 amide bonds. The van der Waals surface area contributed by atoms with Crippen molar-refractivity contribution in [3.63, 3.8) is 0 Å². The Hall–Kier alpha value is -2.12. The van der Waals surface area contributed by atoms with Crippen LogP contribution < -0.4 is 5.32 Å². The quantitative estimate of drug-likeness (QED) is 0.591. The zero-order valence-corrected chi connectivity index (χ0v) is 16.6. The summed E-state index contributed by atoms with van der Waals surface area (Å²) in [6, 6.07) is 12.3. The van der Waals surface area contributed by atoms with E-state index in [0.717, 1.165) is 34.4 Å². The third-order valence-corrected chi connectivity index (χ3v) is 5.66. The lowest BCUT2D eigenvalue weighted by Gasteiger charge is -2.09. The number of nitrogens with zero attached hydrogens (tertiary/aromatic N) is 3. The van der Waals surface area contributed by atoms with E-state index in [9.17, 15) is 4.79 Å². The van der Waals surface area contributed by atoms with Crippen LogP contribution in [0.25, 0.3) is 11.4 Å². The summed E-state index contributed by atoms with van der Waals surface area (Å²) in [7, 11) is 0. The molecule has 0 bridgehead atoms. The Morgan fingerprint density at radius 3 is 2.88 bits per heavy atom. The first-order chi connectivity index (χ1) is 12.7. The van der Waals surface area contributed by atoms with Gasteiger partial charge in [0.15, 0.2) is 11.0 Å². The van der Waals surface area contributed by atoms with E-state index >= 15 is 0 Å². The maximum absolute atomic E-state index is 12.1. The number of hydrogen-bond acceptors (Lipinski definition) is 5. The number of carbonyl (C=O) groups is 1. The molecule has 5 nitrogen and oxygen atoms in total. The molecular formula is C19H22N4OS2. The summed E-state index contributed by atoms with van der Waals surface area (Å²) >= 11 is 3.08. The van der Waals surface area contributed by atoms with Gasteiger partial charge in [-0.2, -0.15) is 0 Å². The lowest BCUT2D eigenvalue weighted by molar-refractivity contribution is -0.118. The molecule has 0 spiro atoms. The molecule has 1 aromatic carbocycles. The van der Waals surface area contributed by atoms with Crippen LogP contribution in [-0.2, 0) is 17.9 Å². The maximum atomic E-state index is 12.1. The maximum Gasteiger partial charge on any atom is 0.230 e. The van der Waals surface area contributed by atoms with Gasteiger partial charge < -0.3 is 9.88 Å². The van der Waals surface area contributed by atoms with E-state index in [-0.39, 0.29) is 5.91 Å². The van der Waals surface area contributed by atoms with Gasteiger partial charge in [0.2, 0.25) is 5.91 Å². The molecule has 0 saturated heterocycles. The van der Waals surface area contributed by atoms with Gasteiger partial charge in [-0.05, 0) is 30.9 Å². The highest BCUT2D eigenvalue weighted by Gasteiger charge is 2.15. The van der Waals surface area contributed by atoms with Crippen molar-refractivity contribution in [1.82, 2.24) is 20.1 Å². The number of aryl methyl sites for hydroxylation is 1. The van der Waals surface area contributed by atoms with Gasteiger partial charge in [0.1, 0.15) is 0 Å². The van der Waals surface area contributed by atoms with Gasteiger partial charge in [-0.25, -0.2) is 0 Å². The van der Waals surface area contributed by atoms with Crippen LogP contribution in [-0.4, -0.2) is 26.4 Å². The summed E-state index contributed by atoms with van der Waals surface area (Å²) in [5.74, 6) is 1.20. The number of thiophene rings is 1. The summed E-state index contributed by atoms with van der Waals surface area (Å²) in [6.45, 7) is 5.60. The van der Waals surface area contributed by atoms with Gasteiger partial charge in [-0.3, -0.25) is 4.79 Å². The standard InChI is InChI=1S/C19H22N4OS2/c1-3-9-23-18(15-7-4-6-14(2)11-15)21-22-19(23)26-13-17(24)20-12-16-8-5-10-25-16/h4-8,10-11H,3,9,12-13H2,1-2H3,(H,20,24). The highest BCUT2D eigenvalue weighted by atomic mass is 32.2. The number of amides is 1. The third-order valence-electron chi connectivity index (χ3n) is 3.81. The van der Waals surface area contributed by atoms with Crippen LogP contribution in [0.2, 0.25) is 0 Å². The van der Waals surface area contributed by atoms with E-state index in [0.29, 0.717) is 12.3 Å². The second-order valence-corrected chi connectivity index (χ2v) is 7.95. The Bertz CT molecular complexity index is 858. The Labute approximate surface area is 161 Å². The summed E-state index contributed by atoms with van der Waals surface area (Å²) in [5.41, 5.74) is 2.25. The zero-order chi connectivity index (χ0) is 18.4. The molecule has 3 aromatic rings. The first kappa shape index (κ1) is 18.7. The molecule has 0 aliphatic rings. The van der Waals surface area contributed by atoms with Crippen molar-refractivity contribution in [2.45, 2.75) is 38.5 Å². The highest BCUT2D eigenvalue weighted by Crippen LogP contribution is 2.25. The fourth-order valence-electron chi connectivity index (χ4n) is 2.60. The number of thioether (sulfide) groups is 1. The molecule has 136 valence electrons. The van der Waals surface area contributed by atoms with Gasteiger partial charge in [0.25, 0.3) is 0 Å². The van der Waals surface area contributed by atoms with Crippen molar-refractivity contribution in [2.24, 2.45) is 0 Å². The molecule has 0 saturated carbocycles. The fourth-order valence-corrected chi connectivity index (χ4v) is 4.04. The summed E-state index contributed by atoms with van der Waals surface area (Å²) in [5, 5.41) is 14.4. The molecule has 0 aliphatic carbocycles. The molecule has 0 unspecified atom stereocenters. The summed E-state index contributed by atoms with van der Waals surface area (Å²) in [6.07, 6.45) is 0.981. The minimum Gasteiger partial charge on any atom is -0.350 e. The largest absolute Gasteiger partial charge is 0.350 e. The molecule has 26 heavy (non-hydrogen) atoms. The smallest absolute Gasteiger partial charge is 0.230 e. The number of benzene rings is 1. The third kappa shape index (κ3) is 4.74. The summed E-state index contributed by atoms with van der Waals surface area (Å²) in [4.78, 5) is 13.3. The van der Waals surface area contributed by atoms with E-state index in [1.165, 1.54) is 17.3 Å². The van der Waals surface area contributed by atoms with Crippen molar-refractivity contribution in [1.29, 1.82) is 0 Å². The van der Waals surface area contributed by atoms with Gasteiger partial charge in [0, 0.05) is 17.0 Å². The van der Waals surface area contributed by atoms with Crippen molar-refractivity contribution >= 4 is 29.0 Å². The van der Waals surface area contributed by atoms with E-state index in [4.69, 9.17) is 0 Å². The topological polar surface area (TPSA) is 59.8 Å². The van der Waals surface area contributed by atoms with Crippen molar-refractivity contribution in [3.8, 4) is 11.4 Å². The minimum absolute atomic E-state index is 0.00607. The molecule has 2 heterocycles. The number of hydrogen-bond donors (Lipinski definition) is 1. The Morgan fingerprint density at radius 2 is 2.15 bits per heavy atom. The number of nitrogens with one attached hydrogen (secondary N) is 1. The van der Waals surface area contributed by atoms with Crippen LogP contribution in [0.4, 0.5) is 0 Å². The molecule has 0 radical (unpaired) electrons. The van der Waals surface area contributed by atoms with Crippen LogP contribution >= 0.6 is 23.1 Å². The average molecular weight is 387 g/mol. The van der Waals surface area contributed by atoms with E-state index < -0.39 is 0 Å². The summed E-state index contributed by atoms with van der Waals surface area (Å²) < 4.78 is 2.10. The molecule has 0 fully saturated rings. The molecule has 3 rings (SSSR count). The van der Waals surface area contributed by atoms with Gasteiger partial charge >= 0.3 is 0 Å². The normalized spacial score (nSPS) is 10.8. The molecule has 7 heteroatoms. The van der Waals surface area contributed by atoms with Crippen LogP contribution in [0.1, 0.15) is 23.8 Å². The number of rotatable bonds is 8. The van der Waals surface area contributed by atoms with Crippen molar-refractivity contribution in [3.05, 3.63) is 52.2 Å². The second-order valence-electron chi connectivity index (χ2n) is 5.97. The first-order valence-corrected chi connectivity index (χ1v) is 10.5. The van der Waals surface area contributed by atoms with Gasteiger partial charge in [-0.15, -0.1) is 21.5 Å². The molecule has 2 aromatic heterocycles. The predicted molar refractivity (Wildman–Crippen MR) is 107 cm³/mol. The molecule has 0 aliphatic heterocycles. The van der Waals surface area contributed by atoms with E-state index in [1.807, 2.05) is 29.6 Å². The Balaban J connectivity index is 1.66. The van der Waals surface area contributed by atoms with Crippen LogP contribution in [0.3, 0.4) is 0 Å². The zero-order valence-electron chi connectivity index (χ0n) is 14.9. The molecular weight excluding hydrogens is 364 g/mol. The lowest BCUT2D eigenvalue weighted by Crippen LogP contribution is -2.24. The van der Waals surface area contributed by atoms with E-state index in [2.05, 4.69) is 46.1 Å². The predicted octanol–water partition coefficient (Wildman–Crippen LogP) is 4.13. The lowest BCUT2D eigenvalue weighted by atomic mass is 10.1. The average Bonchev–Trinajstić information content (AvgIpc) is 3.28. The van der Waals surface area contributed by atoms with Crippen LogP contribution in [0.15, 0.2) is 46.9 Å². The van der Waals surface area contributed by atoms with Crippen LogP contribution in [0, 0.1) is 6.92 Å². The van der Waals surface area contributed by atoms with E-state index in [1.54, 1.807) is 11.3 Å². The second kappa shape index (κ2) is 9.00. The molecule has 1 N–H and O–H groups in total. The fraction of sp³-hybridized carbons (Fsp3) is 0.316. The highest BCUT2D eigenvalue weighted by molar-refractivity contribution is 7.99. The van der Waals surface area contributed by atoms with Crippen molar-refractivity contribution in [2.75, 3.05) is 5.75 Å². The molecule has 0 atom stereocenters. The Kier molecular flexibility index (Phi) is 6.46. The number of carbonyl (C=O) groups excluding carboxylic acids is 1. The van der Waals surface area contributed by atoms with Crippen molar-refractivity contribution < 1.29 is 4.79 Å². The van der Waals surface area contributed by atoms with Crippen LogP contribution in [0.5, 0.6) is 0 Å². The SMILES string of the molecule is CCCn1c(SCC(=O)NCc2cccs2)nnc1-c1cccc(C)c1. The minimum atomic E-state index is 0.00607. The van der Waals surface area contributed by atoms with Gasteiger partial charge in [0.05, 0.1) is 12.3 Å². The monoisotopic (exact) mass is 386 g/mol. The first-order valence-electron chi connectivity index (χ1n) is 8.59. The Morgan fingerprint density at radius 1 is 1.27 bits per heavy atom. The number of aromatic nitrogens is 3. The van der Waals surface area contributed by atoms with Gasteiger partial charge in [-0.1, -0.05) is 48.5 Å².